The van der Waals surface area contributed by atoms with Crippen molar-refractivity contribution in [2.75, 3.05) is 0 Å². The molecule has 0 spiro atoms. The molecule has 0 bridgehead atoms. The molecule has 0 amide bonds. The zero-order valence-electron chi connectivity index (χ0n) is 10.6. The van der Waals surface area contributed by atoms with Crippen molar-refractivity contribution in [3.63, 3.8) is 0 Å². The summed E-state index contributed by atoms with van der Waals surface area (Å²) >= 11 is 0. The SMILES string of the molecule is O=C(O)c1ccc(-c2ccc3c(c2)CCCC3)cn1. The molecule has 0 fully saturated rings. The van der Waals surface area contributed by atoms with Crippen LogP contribution in [0.5, 0.6) is 0 Å². The molecule has 1 aliphatic rings. The molecule has 1 aromatic heterocycles. The van der Waals surface area contributed by atoms with Gasteiger partial charge in [-0.25, -0.2) is 9.78 Å². The van der Waals surface area contributed by atoms with Gasteiger partial charge in [-0.3, -0.25) is 0 Å². The molecule has 0 unspecified atom stereocenters. The van der Waals surface area contributed by atoms with Crippen molar-refractivity contribution < 1.29 is 9.90 Å². The molecular weight excluding hydrogens is 238 g/mol. The van der Waals surface area contributed by atoms with Gasteiger partial charge < -0.3 is 5.11 Å². The van der Waals surface area contributed by atoms with Gasteiger partial charge in [-0.15, -0.1) is 0 Å². The zero-order valence-corrected chi connectivity index (χ0v) is 10.6. The predicted octanol–water partition coefficient (Wildman–Crippen LogP) is 3.33. The Kier molecular flexibility index (Phi) is 3.03. The Morgan fingerprint density at radius 2 is 1.74 bits per heavy atom. The molecule has 3 heteroatoms. The lowest BCUT2D eigenvalue weighted by atomic mass is 9.89. The first-order valence-electron chi connectivity index (χ1n) is 6.55. The Labute approximate surface area is 111 Å². The van der Waals surface area contributed by atoms with Crippen LogP contribution in [0.2, 0.25) is 0 Å². The average molecular weight is 253 g/mol. The van der Waals surface area contributed by atoms with E-state index in [1.165, 1.54) is 30.4 Å². The predicted molar refractivity (Wildman–Crippen MR) is 73.3 cm³/mol. The maximum Gasteiger partial charge on any atom is 0.354 e. The second-order valence-corrected chi connectivity index (χ2v) is 4.93. The first-order valence-corrected chi connectivity index (χ1v) is 6.55. The summed E-state index contributed by atoms with van der Waals surface area (Å²) in [6.07, 6.45) is 6.48. The number of rotatable bonds is 2. The number of carbonyl (C=O) groups is 1. The highest BCUT2D eigenvalue weighted by Crippen LogP contribution is 2.27. The average Bonchev–Trinajstić information content (AvgIpc) is 2.47. The van der Waals surface area contributed by atoms with Crippen molar-refractivity contribution in [3.8, 4) is 11.1 Å². The number of nitrogens with zero attached hydrogens (tertiary/aromatic N) is 1. The summed E-state index contributed by atoms with van der Waals surface area (Å²) in [6, 6.07) is 9.88. The number of aromatic nitrogens is 1. The fourth-order valence-electron chi connectivity index (χ4n) is 2.60. The molecule has 0 saturated carbocycles. The molecule has 2 aromatic rings. The Balaban J connectivity index is 1.95. The largest absolute Gasteiger partial charge is 0.477 e. The Morgan fingerprint density at radius 1 is 1.00 bits per heavy atom. The molecule has 96 valence electrons. The number of hydrogen-bond acceptors (Lipinski definition) is 2. The van der Waals surface area contributed by atoms with Gasteiger partial charge in [-0.2, -0.15) is 0 Å². The van der Waals surface area contributed by atoms with E-state index in [0.29, 0.717) is 0 Å². The summed E-state index contributed by atoms with van der Waals surface area (Å²) in [4.78, 5) is 14.7. The normalized spacial score (nSPS) is 13.9. The molecule has 1 aromatic carbocycles. The van der Waals surface area contributed by atoms with E-state index >= 15 is 0 Å². The van der Waals surface area contributed by atoms with Crippen molar-refractivity contribution in [1.82, 2.24) is 4.98 Å². The van der Waals surface area contributed by atoms with Crippen LogP contribution >= 0.6 is 0 Å². The maximum atomic E-state index is 10.8. The summed E-state index contributed by atoms with van der Waals surface area (Å²) in [6.45, 7) is 0. The number of benzene rings is 1. The molecule has 0 saturated heterocycles. The van der Waals surface area contributed by atoms with Gasteiger partial charge in [-0.05, 0) is 48.4 Å². The van der Waals surface area contributed by atoms with Gasteiger partial charge in [0, 0.05) is 11.8 Å². The highest BCUT2D eigenvalue weighted by Gasteiger charge is 2.11. The third-order valence-corrected chi connectivity index (χ3v) is 3.66. The molecule has 3 rings (SSSR count). The fourth-order valence-corrected chi connectivity index (χ4v) is 2.60. The maximum absolute atomic E-state index is 10.8. The van der Waals surface area contributed by atoms with Crippen LogP contribution < -0.4 is 0 Å². The van der Waals surface area contributed by atoms with Gasteiger partial charge in [0.1, 0.15) is 5.69 Å². The highest BCUT2D eigenvalue weighted by molar-refractivity contribution is 5.85. The van der Waals surface area contributed by atoms with Gasteiger partial charge in [0.05, 0.1) is 0 Å². The molecule has 0 atom stereocenters. The summed E-state index contributed by atoms with van der Waals surface area (Å²) in [5.41, 5.74) is 5.04. The minimum absolute atomic E-state index is 0.0849. The highest BCUT2D eigenvalue weighted by atomic mass is 16.4. The number of hydrogen-bond donors (Lipinski definition) is 1. The third-order valence-electron chi connectivity index (χ3n) is 3.66. The van der Waals surface area contributed by atoms with Crippen LogP contribution in [0.25, 0.3) is 11.1 Å². The van der Waals surface area contributed by atoms with Crippen LogP contribution in [-0.4, -0.2) is 16.1 Å². The van der Waals surface area contributed by atoms with Crippen LogP contribution in [0, 0.1) is 0 Å². The van der Waals surface area contributed by atoms with E-state index in [1.807, 2.05) is 6.07 Å². The number of fused-ring (bicyclic) bond motifs is 1. The van der Waals surface area contributed by atoms with Crippen molar-refractivity contribution >= 4 is 5.97 Å². The van der Waals surface area contributed by atoms with E-state index in [9.17, 15) is 4.79 Å². The van der Waals surface area contributed by atoms with E-state index in [0.717, 1.165) is 17.5 Å². The fraction of sp³-hybridized carbons (Fsp3) is 0.250. The van der Waals surface area contributed by atoms with Crippen molar-refractivity contribution in [3.05, 3.63) is 53.3 Å². The van der Waals surface area contributed by atoms with Crippen LogP contribution in [0.4, 0.5) is 0 Å². The van der Waals surface area contributed by atoms with Crippen LogP contribution in [-0.2, 0) is 12.8 Å². The number of aryl methyl sites for hydroxylation is 2. The number of pyridine rings is 1. The summed E-state index contributed by atoms with van der Waals surface area (Å²) in [7, 11) is 0. The number of carboxylic acid groups (broad SMARTS) is 1. The number of aromatic carboxylic acids is 1. The molecule has 3 nitrogen and oxygen atoms in total. The third kappa shape index (κ3) is 2.36. The van der Waals surface area contributed by atoms with Crippen molar-refractivity contribution in [2.24, 2.45) is 0 Å². The first kappa shape index (κ1) is 11.9. The minimum atomic E-state index is -0.989. The molecule has 1 heterocycles. The van der Waals surface area contributed by atoms with E-state index < -0.39 is 5.97 Å². The Hall–Kier alpha value is -2.16. The molecule has 0 radical (unpaired) electrons. The van der Waals surface area contributed by atoms with Gasteiger partial charge >= 0.3 is 5.97 Å². The second-order valence-electron chi connectivity index (χ2n) is 4.93. The van der Waals surface area contributed by atoms with Crippen molar-refractivity contribution in [2.45, 2.75) is 25.7 Å². The van der Waals surface area contributed by atoms with Crippen molar-refractivity contribution in [1.29, 1.82) is 0 Å². The lowest BCUT2D eigenvalue weighted by Crippen LogP contribution is -2.02. The Morgan fingerprint density at radius 3 is 2.42 bits per heavy atom. The zero-order chi connectivity index (χ0) is 13.2. The number of carboxylic acids is 1. The second kappa shape index (κ2) is 4.84. The van der Waals surface area contributed by atoms with Gasteiger partial charge in [0.15, 0.2) is 0 Å². The van der Waals surface area contributed by atoms with E-state index in [-0.39, 0.29) is 5.69 Å². The molecule has 19 heavy (non-hydrogen) atoms. The molecular formula is C16H15NO2. The Bertz CT molecular complexity index is 617. The van der Waals surface area contributed by atoms with Crippen LogP contribution in [0.15, 0.2) is 36.5 Å². The van der Waals surface area contributed by atoms with Crippen LogP contribution in [0.1, 0.15) is 34.5 Å². The van der Waals surface area contributed by atoms with E-state index in [4.69, 9.17) is 5.11 Å². The standard InChI is InChI=1S/C16H15NO2/c18-16(19)15-8-7-14(10-17-15)13-6-5-11-3-1-2-4-12(11)9-13/h5-10H,1-4H2,(H,18,19). The van der Waals surface area contributed by atoms with Crippen LogP contribution in [0.3, 0.4) is 0 Å². The molecule has 1 aliphatic carbocycles. The summed E-state index contributed by atoms with van der Waals surface area (Å²) in [5.74, 6) is -0.989. The quantitative estimate of drug-likeness (QED) is 0.893. The topological polar surface area (TPSA) is 50.2 Å². The van der Waals surface area contributed by atoms with Gasteiger partial charge in [-0.1, -0.05) is 24.3 Å². The molecule has 0 aliphatic heterocycles. The summed E-state index contributed by atoms with van der Waals surface area (Å²) in [5, 5.41) is 8.84. The molecule has 1 N–H and O–H groups in total. The summed E-state index contributed by atoms with van der Waals surface area (Å²) < 4.78 is 0. The lowest BCUT2D eigenvalue weighted by Gasteiger charge is -2.16. The van der Waals surface area contributed by atoms with Gasteiger partial charge in [0.25, 0.3) is 0 Å². The smallest absolute Gasteiger partial charge is 0.354 e. The van der Waals surface area contributed by atoms with E-state index in [1.54, 1.807) is 12.3 Å². The first-order chi connectivity index (χ1) is 9.24. The minimum Gasteiger partial charge on any atom is -0.477 e. The lowest BCUT2D eigenvalue weighted by molar-refractivity contribution is 0.0690. The van der Waals surface area contributed by atoms with Gasteiger partial charge in [0.2, 0.25) is 0 Å². The monoisotopic (exact) mass is 253 g/mol. The van der Waals surface area contributed by atoms with E-state index in [2.05, 4.69) is 23.2 Å².